The number of amides is 2. The van der Waals surface area contributed by atoms with E-state index in [1.807, 2.05) is 0 Å². The Kier molecular flexibility index (Phi) is 4.86. The molecule has 94 valence electrons. The van der Waals surface area contributed by atoms with E-state index >= 15 is 0 Å². The molecule has 17 heavy (non-hydrogen) atoms. The molecule has 1 heterocycles. The summed E-state index contributed by atoms with van der Waals surface area (Å²) in [6, 6.07) is 3.24. The molecule has 0 atom stereocenters. The lowest BCUT2D eigenvalue weighted by Gasteiger charge is -2.15. The number of hydrogen-bond acceptors (Lipinski definition) is 4. The molecule has 0 unspecified atom stereocenters. The first-order valence-electron chi connectivity index (χ1n) is 5.08. The third-order valence-corrected chi connectivity index (χ3v) is 2.13. The summed E-state index contributed by atoms with van der Waals surface area (Å²) < 4.78 is 10.2. The lowest BCUT2D eigenvalue weighted by atomic mass is 10.2. The highest BCUT2D eigenvalue weighted by Gasteiger charge is 2.11. The van der Waals surface area contributed by atoms with E-state index in [-0.39, 0.29) is 6.03 Å². The Morgan fingerprint density at radius 2 is 2.06 bits per heavy atom. The highest BCUT2D eigenvalue weighted by Crippen LogP contribution is 2.19. The van der Waals surface area contributed by atoms with Gasteiger partial charge in [-0.3, -0.25) is 5.32 Å². The minimum absolute atomic E-state index is 0.235. The van der Waals surface area contributed by atoms with Crippen LogP contribution in [-0.2, 0) is 9.47 Å². The van der Waals surface area contributed by atoms with Crippen LogP contribution in [0.3, 0.4) is 0 Å². The zero-order valence-electron chi connectivity index (χ0n) is 10.4. The highest BCUT2D eigenvalue weighted by molar-refractivity contribution is 5.87. The monoisotopic (exact) mass is 239 g/mol. The minimum Gasteiger partial charge on any atom is -0.352 e. The predicted molar refractivity (Wildman–Crippen MR) is 63.7 cm³/mol. The molecular weight excluding hydrogens is 222 g/mol. The van der Waals surface area contributed by atoms with Crippen LogP contribution in [0.2, 0.25) is 0 Å². The van der Waals surface area contributed by atoms with E-state index in [0.717, 1.165) is 5.56 Å². The molecule has 0 saturated carbocycles. The first-order valence-corrected chi connectivity index (χ1v) is 5.08. The maximum atomic E-state index is 11.4. The van der Waals surface area contributed by atoms with Gasteiger partial charge in [-0.15, -0.1) is 0 Å². The van der Waals surface area contributed by atoms with E-state index in [1.165, 1.54) is 4.90 Å². The SMILES string of the molecule is COC(OC)c1ccnc(NC(=O)N(C)C)c1. The number of nitrogens with one attached hydrogen (secondary N) is 1. The predicted octanol–water partition coefficient (Wildman–Crippen LogP) is 1.47. The van der Waals surface area contributed by atoms with Crippen LogP contribution in [0.4, 0.5) is 10.6 Å². The van der Waals surface area contributed by atoms with E-state index in [4.69, 9.17) is 9.47 Å². The van der Waals surface area contributed by atoms with Gasteiger partial charge >= 0.3 is 6.03 Å². The highest BCUT2D eigenvalue weighted by atomic mass is 16.7. The maximum absolute atomic E-state index is 11.4. The summed E-state index contributed by atoms with van der Waals surface area (Å²) in [4.78, 5) is 16.9. The molecule has 1 N–H and O–H groups in total. The quantitative estimate of drug-likeness (QED) is 0.808. The maximum Gasteiger partial charge on any atom is 0.322 e. The summed E-state index contributed by atoms with van der Waals surface area (Å²) in [7, 11) is 6.41. The smallest absolute Gasteiger partial charge is 0.322 e. The standard InChI is InChI=1S/C11H17N3O3/c1-14(2)11(15)13-9-7-8(5-6-12-9)10(16-3)17-4/h5-7,10H,1-4H3,(H,12,13,15). The van der Waals surface area contributed by atoms with Gasteiger partial charge in [-0.1, -0.05) is 0 Å². The Labute approximate surface area is 101 Å². The van der Waals surface area contributed by atoms with Gasteiger partial charge in [0.05, 0.1) is 0 Å². The Bertz CT molecular complexity index is 378. The van der Waals surface area contributed by atoms with E-state index in [9.17, 15) is 4.79 Å². The summed E-state index contributed by atoms with van der Waals surface area (Å²) in [5, 5.41) is 2.65. The van der Waals surface area contributed by atoms with Crippen LogP contribution >= 0.6 is 0 Å². The summed E-state index contributed by atoms with van der Waals surface area (Å²) in [5.41, 5.74) is 0.791. The Morgan fingerprint density at radius 1 is 1.41 bits per heavy atom. The number of ether oxygens (including phenoxy) is 2. The first-order chi connectivity index (χ1) is 8.08. The van der Waals surface area contributed by atoms with Gasteiger partial charge in [0.25, 0.3) is 0 Å². The van der Waals surface area contributed by atoms with Crippen molar-refractivity contribution in [2.24, 2.45) is 0 Å². The van der Waals surface area contributed by atoms with Gasteiger partial charge in [0.2, 0.25) is 0 Å². The molecule has 0 saturated heterocycles. The van der Waals surface area contributed by atoms with Crippen molar-refractivity contribution >= 4 is 11.8 Å². The van der Waals surface area contributed by atoms with E-state index in [1.54, 1.807) is 46.6 Å². The van der Waals surface area contributed by atoms with Crippen LogP contribution < -0.4 is 5.32 Å². The molecule has 1 aromatic rings. The van der Waals surface area contributed by atoms with Crippen molar-refractivity contribution in [2.45, 2.75) is 6.29 Å². The van der Waals surface area contributed by atoms with Gasteiger partial charge in [0, 0.05) is 40.1 Å². The second kappa shape index (κ2) is 6.17. The molecule has 0 aliphatic carbocycles. The Hall–Kier alpha value is -1.66. The number of rotatable bonds is 4. The molecule has 0 aliphatic rings. The molecule has 1 rings (SSSR count). The number of pyridine rings is 1. The van der Waals surface area contributed by atoms with Crippen LogP contribution in [0.15, 0.2) is 18.3 Å². The molecule has 6 nitrogen and oxygen atoms in total. The van der Waals surface area contributed by atoms with Crippen molar-refractivity contribution in [1.29, 1.82) is 0 Å². The van der Waals surface area contributed by atoms with E-state index in [2.05, 4.69) is 10.3 Å². The number of methoxy groups -OCH3 is 2. The third kappa shape index (κ3) is 3.69. The summed E-state index contributed by atoms with van der Waals surface area (Å²) in [6.07, 6.45) is 1.12. The number of carbonyl (C=O) groups is 1. The van der Waals surface area contributed by atoms with Crippen LogP contribution in [0, 0.1) is 0 Å². The van der Waals surface area contributed by atoms with E-state index < -0.39 is 6.29 Å². The molecular formula is C11H17N3O3. The first kappa shape index (κ1) is 13.4. The Morgan fingerprint density at radius 3 is 2.59 bits per heavy atom. The van der Waals surface area contributed by atoms with Gasteiger partial charge < -0.3 is 14.4 Å². The molecule has 0 fully saturated rings. The van der Waals surface area contributed by atoms with Crippen molar-refractivity contribution in [1.82, 2.24) is 9.88 Å². The Balaban J connectivity index is 2.82. The average molecular weight is 239 g/mol. The number of urea groups is 1. The van der Waals surface area contributed by atoms with E-state index in [0.29, 0.717) is 5.82 Å². The number of nitrogens with zero attached hydrogens (tertiary/aromatic N) is 2. The zero-order chi connectivity index (χ0) is 12.8. The van der Waals surface area contributed by atoms with Crippen LogP contribution in [0.5, 0.6) is 0 Å². The summed E-state index contributed by atoms with van der Waals surface area (Å²) in [5.74, 6) is 0.459. The molecule has 6 heteroatoms. The molecule has 0 bridgehead atoms. The van der Waals surface area contributed by atoms with Crippen molar-refractivity contribution < 1.29 is 14.3 Å². The van der Waals surface area contributed by atoms with Crippen molar-refractivity contribution in [2.75, 3.05) is 33.6 Å². The number of hydrogen-bond donors (Lipinski definition) is 1. The summed E-state index contributed by atoms with van der Waals surface area (Å²) in [6.45, 7) is 0. The molecule has 0 aromatic carbocycles. The fourth-order valence-corrected chi connectivity index (χ4v) is 1.25. The van der Waals surface area contributed by atoms with Gasteiger partial charge in [0.15, 0.2) is 6.29 Å². The fraction of sp³-hybridized carbons (Fsp3) is 0.455. The van der Waals surface area contributed by atoms with Crippen LogP contribution in [0.1, 0.15) is 11.9 Å². The van der Waals surface area contributed by atoms with Crippen molar-refractivity contribution in [3.63, 3.8) is 0 Å². The second-order valence-electron chi connectivity index (χ2n) is 3.60. The topological polar surface area (TPSA) is 63.7 Å². The number of anilines is 1. The second-order valence-corrected chi connectivity index (χ2v) is 3.60. The lowest BCUT2D eigenvalue weighted by molar-refractivity contribution is -0.106. The fourth-order valence-electron chi connectivity index (χ4n) is 1.25. The molecule has 2 amide bonds. The zero-order valence-corrected chi connectivity index (χ0v) is 10.4. The lowest BCUT2D eigenvalue weighted by Crippen LogP contribution is -2.27. The minimum atomic E-state index is -0.465. The summed E-state index contributed by atoms with van der Waals surface area (Å²) >= 11 is 0. The normalized spacial score (nSPS) is 10.4. The van der Waals surface area contributed by atoms with Gasteiger partial charge in [-0.25, -0.2) is 9.78 Å². The molecule has 1 aromatic heterocycles. The van der Waals surface area contributed by atoms with Gasteiger partial charge in [-0.05, 0) is 12.1 Å². The molecule has 0 spiro atoms. The third-order valence-electron chi connectivity index (χ3n) is 2.13. The molecule has 0 radical (unpaired) electrons. The largest absolute Gasteiger partial charge is 0.352 e. The van der Waals surface area contributed by atoms with Crippen LogP contribution in [-0.4, -0.2) is 44.2 Å². The van der Waals surface area contributed by atoms with Crippen LogP contribution in [0.25, 0.3) is 0 Å². The average Bonchev–Trinajstić information content (AvgIpc) is 2.31. The van der Waals surface area contributed by atoms with Gasteiger partial charge in [0.1, 0.15) is 5.82 Å². The van der Waals surface area contributed by atoms with Crippen molar-refractivity contribution in [3.05, 3.63) is 23.9 Å². The number of aromatic nitrogens is 1. The molecule has 0 aliphatic heterocycles. The number of carbonyl (C=O) groups excluding carboxylic acids is 1. The van der Waals surface area contributed by atoms with Gasteiger partial charge in [-0.2, -0.15) is 0 Å². The van der Waals surface area contributed by atoms with Crippen molar-refractivity contribution in [3.8, 4) is 0 Å².